The number of nitrogens with one attached hydrogen (secondary N) is 1. The van der Waals surface area contributed by atoms with Gasteiger partial charge >= 0.3 is 0 Å². The molecule has 1 aromatic carbocycles. The first-order valence-electron chi connectivity index (χ1n) is 4.61. The Morgan fingerprint density at radius 1 is 1.47 bits per heavy atom. The fourth-order valence-corrected chi connectivity index (χ4v) is 1.22. The van der Waals surface area contributed by atoms with Gasteiger partial charge in [0.15, 0.2) is 0 Å². The second-order valence-electron chi connectivity index (χ2n) is 3.36. The van der Waals surface area contributed by atoms with Crippen molar-refractivity contribution in [2.45, 2.75) is 5.92 Å². The summed E-state index contributed by atoms with van der Waals surface area (Å²) < 4.78 is 25.3. The number of alkyl halides is 2. The summed E-state index contributed by atoms with van der Waals surface area (Å²) in [5.41, 5.74) is -0.203. The van der Waals surface area contributed by atoms with E-state index in [9.17, 15) is 18.7 Å². The minimum Gasteiger partial charge on any atom is -0.507 e. The first-order chi connectivity index (χ1) is 7.85. The first kappa shape index (κ1) is 13.7. The Hall–Kier alpha value is -1.40. The number of aromatic hydroxyl groups is 1. The van der Waals surface area contributed by atoms with Crippen molar-refractivity contribution in [3.8, 4) is 5.75 Å². The molecule has 0 spiro atoms. The maximum Gasteiger partial charge on any atom is 0.287 e. The normalized spacial score (nSPS) is 11.3. The van der Waals surface area contributed by atoms with Gasteiger partial charge in [0.25, 0.3) is 11.8 Å². The van der Waals surface area contributed by atoms with Gasteiger partial charge in [-0.3, -0.25) is 4.79 Å². The average Bonchev–Trinajstić information content (AvgIpc) is 2.29. The topological polar surface area (TPSA) is 69.6 Å². The van der Waals surface area contributed by atoms with Crippen molar-refractivity contribution < 1.29 is 23.8 Å². The van der Waals surface area contributed by atoms with Crippen LogP contribution in [0.2, 0.25) is 5.02 Å². The highest BCUT2D eigenvalue weighted by Gasteiger charge is 2.28. The third-order valence-electron chi connectivity index (χ3n) is 1.94. The lowest BCUT2D eigenvalue weighted by molar-refractivity contribution is -0.0462. The van der Waals surface area contributed by atoms with Gasteiger partial charge in [-0.15, -0.1) is 0 Å². The number of hydrogen-bond acceptors (Lipinski definition) is 3. The fraction of sp³-hybridized carbons (Fsp3) is 0.300. The molecule has 4 nitrogen and oxygen atoms in total. The predicted molar refractivity (Wildman–Crippen MR) is 57.5 cm³/mol. The number of carbonyl (C=O) groups is 1. The molecule has 1 amide bonds. The molecule has 7 heteroatoms. The fourth-order valence-electron chi connectivity index (χ4n) is 1.05. The lowest BCUT2D eigenvalue weighted by Gasteiger charge is -2.14. The zero-order chi connectivity index (χ0) is 13.1. The van der Waals surface area contributed by atoms with Gasteiger partial charge in [-0.2, -0.15) is 0 Å². The summed E-state index contributed by atoms with van der Waals surface area (Å²) in [6.07, 6.45) is 0. The van der Waals surface area contributed by atoms with E-state index in [1.165, 1.54) is 12.1 Å². The molecule has 0 atom stereocenters. The van der Waals surface area contributed by atoms with Crippen LogP contribution in [0, 0.1) is 0 Å². The van der Waals surface area contributed by atoms with Crippen LogP contribution in [0.25, 0.3) is 0 Å². The number of amides is 1. The Bertz CT molecular complexity index is 426. The Balaban J connectivity index is 2.74. The molecular formula is C10H10ClF2NO3. The number of rotatable bonds is 4. The van der Waals surface area contributed by atoms with Crippen LogP contribution >= 0.6 is 11.6 Å². The summed E-state index contributed by atoms with van der Waals surface area (Å²) in [6, 6.07) is 3.70. The number of carbonyl (C=O) groups excluding carboxylic acids is 1. The van der Waals surface area contributed by atoms with Crippen molar-refractivity contribution in [2.24, 2.45) is 0 Å². The van der Waals surface area contributed by atoms with Crippen LogP contribution < -0.4 is 5.32 Å². The van der Waals surface area contributed by atoms with Gasteiger partial charge in [0.2, 0.25) is 0 Å². The summed E-state index contributed by atoms with van der Waals surface area (Å²) in [4.78, 5) is 11.4. The monoisotopic (exact) mass is 265 g/mol. The Morgan fingerprint density at radius 3 is 2.71 bits per heavy atom. The summed E-state index contributed by atoms with van der Waals surface area (Å²) in [6.45, 7) is -2.39. The summed E-state index contributed by atoms with van der Waals surface area (Å²) in [7, 11) is 0. The van der Waals surface area contributed by atoms with Crippen LogP contribution in [0.5, 0.6) is 5.75 Å². The van der Waals surface area contributed by atoms with Crippen LogP contribution in [0.3, 0.4) is 0 Å². The smallest absolute Gasteiger partial charge is 0.287 e. The molecule has 0 saturated carbocycles. The Kier molecular flexibility index (Phi) is 4.25. The van der Waals surface area contributed by atoms with Crippen molar-refractivity contribution in [1.29, 1.82) is 0 Å². The molecule has 0 saturated heterocycles. The third kappa shape index (κ3) is 3.83. The van der Waals surface area contributed by atoms with Crippen LogP contribution in [-0.2, 0) is 0 Å². The average molecular weight is 266 g/mol. The standard InChI is InChI=1S/C10H10ClF2NO3/c11-6-1-2-8(16)7(3-6)9(17)14-4-10(12,13)5-15/h1-3,15-16H,4-5H2,(H,14,17). The molecule has 0 heterocycles. The van der Waals surface area contributed by atoms with Crippen LogP contribution in [0.15, 0.2) is 18.2 Å². The van der Waals surface area contributed by atoms with Crippen molar-refractivity contribution in [3.05, 3.63) is 28.8 Å². The second-order valence-corrected chi connectivity index (χ2v) is 3.79. The van der Waals surface area contributed by atoms with Gasteiger partial charge in [-0.25, -0.2) is 8.78 Å². The molecule has 0 radical (unpaired) electrons. The van der Waals surface area contributed by atoms with E-state index in [2.05, 4.69) is 0 Å². The molecule has 0 aliphatic rings. The van der Waals surface area contributed by atoms with Gasteiger partial charge < -0.3 is 15.5 Å². The SMILES string of the molecule is O=C(NCC(F)(F)CO)c1cc(Cl)ccc1O. The Labute approximate surface area is 101 Å². The number of aliphatic hydroxyl groups excluding tert-OH is 1. The van der Waals surface area contributed by atoms with Crippen LogP contribution in [-0.4, -0.2) is 35.2 Å². The van der Waals surface area contributed by atoms with Crippen molar-refractivity contribution in [2.75, 3.05) is 13.2 Å². The molecular weight excluding hydrogens is 256 g/mol. The van der Waals surface area contributed by atoms with Crippen molar-refractivity contribution in [1.82, 2.24) is 5.32 Å². The molecule has 94 valence electrons. The zero-order valence-electron chi connectivity index (χ0n) is 8.58. The molecule has 0 aromatic heterocycles. The van der Waals surface area contributed by atoms with Gasteiger partial charge in [0.05, 0.1) is 12.1 Å². The van der Waals surface area contributed by atoms with E-state index in [4.69, 9.17) is 16.7 Å². The first-order valence-corrected chi connectivity index (χ1v) is 4.99. The lowest BCUT2D eigenvalue weighted by Crippen LogP contribution is -2.39. The maximum atomic E-state index is 12.7. The van der Waals surface area contributed by atoms with Gasteiger partial charge in [0, 0.05) is 5.02 Å². The molecule has 0 bridgehead atoms. The second kappa shape index (κ2) is 5.29. The Morgan fingerprint density at radius 2 is 2.12 bits per heavy atom. The number of phenolic OH excluding ortho intramolecular Hbond substituents is 1. The highest BCUT2D eigenvalue weighted by molar-refractivity contribution is 6.31. The number of phenols is 1. The summed E-state index contributed by atoms with van der Waals surface area (Å²) in [5, 5.41) is 19.7. The highest BCUT2D eigenvalue weighted by atomic mass is 35.5. The quantitative estimate of drug-likeness (QED) is 0.771. The van der Waals surface area contributed by atoms with E-state index in [0.29, 0.717) is 0 Å². The molecule has 0 unspecified atom stereocenters. The number of halogens is 3. The summed E-state index contributed by atoms with van der Waals surface area (Å²) in [5.74, 6) is -4.65. The molecule has 1 rings (SSSR count). The van der Waals surface area contributed by atoms with E-state index >= 15 is 0 Å². The molecule has 3 N–H and O–H groups in total. The van der Waals surface area contributed by atoms with E-state index in [0.717, 1.165) is 6.07 Å². The number of hydrogen-bond donors (Lipinski definition) is 3. The molecule has 1 aromatic rings. The highest BCUT2D eigenvalue weighted by Crippen LogP contribution is 2.21. The maximum absolute atomic E-state index is 12.7. The van der Waals surface area contributed by atoms with Gasteiger partial charge in [-0.1, -0.05) is 11.6 Å². The lowest BCUT2D eigenvalue weighted by atomic mass is 10.2. The number of aliphatic hydroxyl groups is 1. The van der Waals surface area contributed by atoms with E-state index < -0.39 is 25.0 Å². The van der Waals surface area contributed by atoms with Gasteiger partial charge in [0.1, 0.15) is 12.4 Å². The van der Waals surface area contributed by atoms with Crippen molar-refractivity contribution >= 4 is 17.5 Å². The van der Waals surface area contributed by atoms with Crippen LogP contribution in [0.4, 0.5) is 8.78 Å². The molecule has 17 heavy (non-hydrogen) atoms. The van der Waals surface area contributed by atoms with Crippen LogP contribution in [0.1, 0.15) is 10.4 Å². The zero-order valence-corrected chi connectivity index (χ0v) is 9.34. The van der Waals surface area contributed by atoms with E-state index in [-0.39, 0.29) is 16.3 Å². The molecule has 0 fully saturated rings. The molecule has 0 aliphatic carbocycles. The largest absolute Gasteiger partial charge is 0.507 e. The van der Waals surface area contributed by atoms with E-state index in [1.807, 2.05) is 5.32 Å². The molecule has 0 aliphatic heterocycles. The predicted octanol–water partition coefficient (Wildman–Crippen LogP) is 1.40. The van der Waals surface area contributed by atoms with E-state index in [1.54, 1.807) is 0 Å². The minimum atomic E-state index is -3.40. The third-order valence-corrected chi connectivity index (χ3v) is 2.18. The van der Waals surface area contributed by atoms with Gasteiger partial charge in [-0.05, 0) is 18.2 Å². The van der Waals surface area contributed by atoms with Crippen molar-refractivity contribution in [3.63, 3.8) is 0 Å². The number of benzene rings is 1. The minimum absolute atomic E-state index is 0.196. The summed E-state index contributed by atoms with van der Waals surface area (Å²) >= 11 is 5.60.